The second-order valence-electron chi connectivity index (χ2n) is 7.48. The van der Waals surface area contributed by atoms with E-state index in [-0.39, 0.29) is 0 Å². The molecule has 0 radical (unpaired) electrons. The SMILES string of the molecule is COCOC.O=C(C(=O)c1ccccc1)c1ccccc1.O=C(C(=O)c1ccccc1)c1ccccc1. The Morgan fingerprint density at radius 1 is 0.405 bits per heavy atom. The number of carbonyl (C=O) groups is 4. The zero-order valence-corrected chi connectivity index (χ0v) is 20.7. The largest absolute Gasteiger partial charge is 0.359 e. The van der Waals surface area contributed by atoms with Crippen molar-refractivity contribution in [1.82, 2.24) is 0 Å². The van der Waals surface area contributed by atoms with Gasteiger partial charge in [0, 0.05) is 36.5 Å². The predicted octanol–water partition coefficient (Wildman–Crippen LogP) is 5.74. The van der Waals surface area contributed by atoms with Crippen molar-refractivity contribution < 1.29 is 28.7 Å². The molecule has 0 unspecified atom stereocenters. The number of benzene rings is 4. The van der Waals surface area contributed by atoms with Crippen LogP contribution in [0.5, 0.6) is 0 Å². The summed E-state index contributed by atoms with van der Waals surface area (Å²) in [5.41, 5.74) is 1.71. The Kier molecular flexibility index (Phi) is 12.6. The lowest BCUT2D eigenvalue weighted by atomic mass is 10.0. The summed E-state index contributed by atoms with van der Waals surface area (Å²) < 4.78 is 8.94. The molecule has 0 aromatic heterocycles. The first-order valence-electron chi connectivity index (χ1n) is 11.4. The molecule has 0 N–H and O–H groups in total. The Balaban J connectivity index is 0.000000221. The molecular weight excluding hydrogens is 468 g/mol. The third-order valence-corrected chi connectivity index (χ3v) is 4.79. The second-order valence-corrected chi connectivity index (χ2v) is 7.48. The Bertz CT molecular complexity index is 1050. The van der Waals surface area contributed by atoms with Crippen LogP contribution in [0.4, 0.5) is 0 Å². The van der Waals surface area contributed by atoms with E-state index in [0.717, 1.165) is 0 Å². The van der Waals surface area contributed by atoms with Crippen LogP contribution < -0.4 is 0 Å². The number of hydrogen-bond donors (Lipinski definition) is 0. The van der Waals surface area contributed by atoms with Crippen LogP contribution in [0.25, 0.3) is 0 Å². The summed E-state index contributed by atoms with van der Waals surface area (Å²) >= 11 is 0. The van der Waals surface area contributed by atoms with Crippen LogP contribution in [0.2, 0.25) is 0 Å². The van der Waals surface area contributed by atoms with Crippen molar-refractivity contribution in [2.24, 2.45) is 0 Å². The quantitative estimate of drug-likeness (QED) is 0.176. The third kappa shape index (κ3) is 9.57. The third-order valence-electron chi connectivity index (χ3n) is 4.79. The van der Waals surface area contributed by atoms with Gasteiger partial charge < -0.3 is 9.47 Å². The molecule has 0 fully saturated rings. The Morgan fingerprint density at radius 2 is 0.595 bits per heavy atom. The first kappa shape index (κ1) is 28.7. The Hall–Kier alpha value is -4.52. The lowest BCUT2D eigenvalue weighted by Crippen LogP contribution is -2.14. The van der Waals surface area contributed by atoms with Crippen molar-refractivity contribution in [2.75, 3.05) is 21.0 Å². The van der Waals surface area contributed by atoms with Crippen molar-refractivity contribution in [3.05, 3.63) is 144 Å². The molecular formula is C31H28O6. The molecule has 4 aromatic rings. The fourth-order valence-corrected chi connectivity index (χ4v) is 3.00. The zero-order chi connectivity index (χ0) is 26.9. The monoisotopic (exact) mass is 496 g/mol. The maximum atomic E-state index is 11.8. The summed E-state index contributed by atoms with van der Waals surface area (Å²) in [6.45, 7) is 0.389. The van der Waals surface area contributed by atoms with E-state index in [1.807, 2.05) is 24.3 Å². The van der Waals surface area contributed by atoms with E-state index < -0.39 is 23.1 Å². The van der Waals surface area contributed by atoms with Crippen molar-refractivity contribution >= 4 is 23.1 Å². The number of ketones is 4. The lowest BCUT2D eigenvalue weighted by Gasteiger charge is -1.99. The number of carbonyl (C=O) groups excluding carboxylic acids is 4. The predicted molar refractivity (Wildman–Crippen MR) is 142 cm³/mol. The highest BCUT2D eigenvalue weighted by Gasteiger charge is 2.18. The molecule has 0 aliphatic rings. The fourth-order valence-electron chi connectivity index (χ4n) is 3.00. The molecule has 6 heteroatoms. The lowest BCUT2D eigenvalue weighted by molar-refractivity contribution is -0.00272. The van der Waals surface area contributed by atoms with Crippen molar-refractivity contribution in [1.29, 1.82) is 0 Å². The molecule has 0 spiro atoms. The highest BCUT2D eigenvalue weighted by atomic mass is 16.6. The van der Waals surface area contributed by atoms with Crippen LogP contribution in [0.1, 0.15) is 41.4 Å². The Labute approximate surface area is 216 Å². The number of rotatable bonds is 8. The van der Waals surface area contributed by atoms with Gasteiger partial charge in [-0.1, -0.05) is 121 Å². The summed E-state index contributed by atoms with van der Waals surface area (Å²) in [6, 6.07) is 34.3. The number of methoxy groups -OCH3 is 2. The molecule has 0 saturated heterocycles. The van der Waals surface area contributed by atoms with Gasteiger partial charge in [-0.15, -0.1) is 0 Å². The van der Waals surface area contributed by atoms with Gasteiger partial charge in [0.15, 0.2) is 0 Å². The van der Waals surface area contributed by atoms with E-state index in [9.17, 15) is 19.2 Å². The van der Waals surface area contributed by atoms with E-state index in [0.29, 0.717) is 29.0 Å². The van der Waals surface area contributed by atoms with E-state index in [1.54, 1.807) is 111 Å². The van der Waals surface area contributed by atoms with E-state index in [4.69, 9.17) is 0 Å². The van der Waals surface area contributed by atoms with E-state index in [2.05, 4.69) is 9.47 Å². The van der Waals surface area contributed by atoms with Gasteiger partial charge in [-0.25, -0.2) is 0 Å². The van der Waals surface area contributed by atoms with Gasteiger partial charge in [-0.05, 0) is 0 Å². The molecule has 0 heterocycles. The summed E-state index contributed by atoms with van der Waals surface area (Å²) in [5, 5.41) is 0. The Morgan fingerprint density at radius 3 is 0.730 bits per heavy atom. The summed E-state index contributed by atoms with van der Waals surface area (Å²) in [7, 11) is 3.17. The number of ether oxygens (including phenoxy) is 2. The highest BCUT2D eigenvalue weighted by Crippen LogP contribution is 2.08. The average molecular weight is 497 g/mol. The number of Topliss-reactive ketones (excluding diaryl/α,β-unsaturated/α-hetero) is 4. The topological polar surface area (TPSA) is 86.7 Å². The van der Waals surface area contributed by atoms with Crippen LogP contribution in [-0.2, 0) is 9.47 Å². The van der Waals surface area contributed by atoms with Gasteiger partial charge >= 0.3 is 0 Å². The minimum absolute atomic E-state index is 0.389. The second kappa shape index (κ2) is 16.2. The first-order valence-corrected chi connectivity index (χ1v) is 11.4. The van der Waals surface area contributed by atoms with Crippen LogP contribution in [0.15, 0.2) is 121 Å². The molecule has 0 aliphatic heterocycles. The van der Waals surface area contributed by atoms with Gasteiger partial charge in [0.2, 0.25) is 23.1 Å². The van der Waals surface area contributed by atoms with Crippen LogP contribution in [0.3, 0.4) is 0 Å². The smallest absolute Gasteiger partial charge is 0.233 e. The molecule has 0 saturated carbocycles. The van der Waals surface area contributed by atoms with E-state index in [1.165, 1.54) is 0 Å². The molecule has 37 heavy (non-hydrogen) atoms. The van der Waals surface area contributed by atoms with Crippen molar-refractivity contribution in [3.8, 4) is 0 Å². The molecule has 188 valence electrons. The standard InChI is InChI=1S/2C14H10O2.C3H8O2/c2*15-13(11-7-3-1-4-8-11)14(16)12-9-5-2-6-10-12;1-4-3-5-2/h2*1-10H;3H2,1-2H3. The van der Waals surface area contributed by atoms with Gasteiger partial charge in [0.05, 0.1) is 0 Å². The average Bonchev–Trinajstić information content (AvgIpc) is 2.98. The molecule has 0 aliphatic carbocycles. The van der Waals surface area contributed by atoms with Crippen LogP contribution >= 0.6 is 0 Å². The van der Waals surface area contributed by atoms with Gasteiger partial charge in [0.25, 0.3) is 0 Å². The minimum atomic E-state index is -0.466. The van der Waals surface area contributed by atoms with Gasteiger partial charge in [-0.3, -0.25) is 19.2 Å². The number of hydrogen-bond acceptors (Lipinski definition) is 6. The molecule has 6 nitrogen and oxygen atoms in total. The highest BCUT2D eigenvalue weighted by molar-refractivity contribution is 6.49. The van der Waals surface area contributed by atoms with Crippen LogP contribution in [0, 0.1) is 0 Å². The fraction of sp³-hybridized carbons (Fsp3) is 0.0968. The molecule has 0 amide bonds. The summed E-state index contributed by atoms with van der Waals surface area (Å²) in [6.07, 6.45) is 0. The van der Waals surface area contributed by atoms with Crippen molar-refractivity contribution in [2.45, 2.75) is 0 Å². The summed E-state index contributed by atoms with van der Waals surface area (Å²) in [4.78, 5) is 47.2. The first-order chi connectivity index (χ1) is 18.0. The molecule has 4 aromatic carbocycles. The normalized spacial score (nSPS) is 9.57. The zero-order valence-electron chi connectivity index (χ0n) is 20.7. The maximum Gasteiger partial charge on any atom is 0.233 e. The van der Waals surface area contributed by atoms with Gasteiger partial charge in [0.1, 0.15) is 6.79 Å². The maximum absolute atomic E-state index is 11.8. The minimum Gasteiger partial charge on any atom is -0.359 e. The van der Waals surface area contributed by atoms with Gasteiger partial charge in [-0.2, -0.15) is 0 Å². The molecule has 4 rings (SSSR count). The summed E-state index contributed by atoms with van der Waals surface area (Å²) in [5.74, 6) is -1.86. The van der Waals surface area contributed by atoms with Crippen LogP contribution in [-0.4, -0.2) is 44.1 Å². The van der Waals surface area contributed by atoms with Crippen molar-refractivity contribution in [3.63, 3.8) is 0 Å². The van der Waals surface area contributed by atoms with E-state index >= 15 is 0 Å². The molecule has 0 bridgehead atoms. The molecule has 0 atom stereocenters.